The van der Waals surface area contributed by atoms with Crippen molar-refractivity contribution in [1.82, 2.24) is 19.2 Å². The summed E-state index contributed by atoms with van der Waals surface area (Å²) in [5.74, 6) is -0.197. The summed E-state index contributed by atoms with van der Waals surface area (Å²) in [6, 6.07) is 9.11. The van der Waals surface area contributed by atoms with Gasteiger partial charge >= 0.3 is 0 Å². The van der Waals surface area contributed by atoms with Crippen molar-refractivity contribution in [2.75, 3.05) is 17.8 Å². The van der Waals surface area contributed by atoms with E-state index >= 15 is 0 Å². The van der Waals surface area contributed by atoms with Gasteiger partial charge in [0.05, 0.1) is 20.6 Å². The topological polar surface area (TPSA) is 143 Å². The highest BCUT2D eigenvalue weighted by atomic mass is 35.5. The number of fused-ring (bicyclic) bond motifs is 1. The smallest absolute Gasteiger partial charge is 0.241 e. The first kappa shape index (κ1) is 25.3. The minimum absolute atomic E-state index is 0.00883. The molecule has 0 radical (unpaired) electrons. The standard InChI is InChI=1S/C22H24Cl2N6O4S/c23-17-11-16(12-18(24)20(17)25)35(33,34)28-19(6-9-29-10-7-26-22(29)27-32)21(31)30-8-5-14-3-1-2-4-15(14)13-30/h1-4,7,10-12,19,28,32H,5-6,8-9,13,25H2,(H,26,27). The Hall–Kier alpha value is -2.83. The van der Waals surface area contributed by atoms with Crippen LogP contribution in [-0.4, -0.2) is 46.6 Å². The van der Waals surface area contributed by atoms with Crippen molar-refractivity contribution in [2.45, 2.75) is 36.9 Å². The van der Waals surface area contributed by atoms with Gasteiger partial charge in [-0.3, -0.25) is 10.0 Å². The van der Waals surface area contributed by atoms with Crippen LogP contribution in [0.5, 0.6) is 0 Å². The number of nitrogen functional groups attached to an aromatic ring is 1. The zero-order chi connectivity index (χ0) is 25.2. The molecule has 3 aromatic rings. The number of hydrogen-bond acceptors (Lipinski definition) is 7. The van der Waals surface area contributed by atoms with Crippen molar-refractivity contribution in [2.24, 2.45) is 0 Å². The molecule has 1 aromatic heterocycles. The second kappa shape index (κ2) is 10.4. The van der Waals surface area contributed by atoms with Crippen LogP contribution in [0.2, 0.25) is 10.0 Å². The van der Waals surface area contributed by atoms with Crippen molar-refractivity contribution in [3.63, 3.8) is 0 Å². The summed E-state index contributed by atoms with van der Waals surface area (Å²) in [7, 11) is -4.18. The Balaban J connectivity index is 1.60. The second-order valence-electron chi connectivity index (χ2n) is 8.10. The summed E-state index contributed by atoms with van der Waals surface area (Å²) < 4.78 is 30.5. The van der Waals surface area contributed by atoms with Gasteiger partial charge in [-0.25, -0.2) is 18.9 Å². The van der Waals surface area contributed by atoms with Gasteiger partial charge in [0, 0.05) is 32.0 Å². The Kier molecular flexibility index (Phi) is 7.53. The number of imidazole rings is 1. The van der Waals surface area contributed by atoms with E-state index in [1.165, 1.54) is 18.3 Å². The molecule has 2 heterocycles. The van der Waals surface area contributed by atoms with Gasteiger partial charge < -0.3 is 15.2 Å². The van der Waals surface area contributed by atoms with E-state index in [9.17, 15) is 18.4 Å². The molecule has 0 fully saturated rings. The van der Waals surface area contributed by atoms with Crippen molar-refractivity contribution in [3.05, 3.63) is 70.0 Å². The third-order valence-electron chi connectivity index (χ3n) is 5.87. The quantitative estimate of drug-likeness (QED) is 0.255. The second-order valence-corrected chi connectivity index (χ2v) is 10.6. The zero-order valence-electron chi connectivity index (χ0n) is 18.5. The van der Waals surface area contributed by atoms with Gasteiger partial charge in [0.15, 0.2) is 0 Å². The Morgan fingerprint density at radius 1 is 1.20 bits per heavy atom. The zero-order valence-corrected chi connectivity index (χ0v) is 20.8. The SMILES string of the molecule is Nc1c(Cl)cc(S(=O)(=O)NC(CCn2ccnc2NO)C(=O)N2CCc3ccccc3C2)cc1Cl. The third-order valence-corrected chi connectivity index (χ3v) is 7.95. The highest BCUT2D eigenvalue weighted by Gasteiger charge is 2.31. The van der Waals surface area contributed by atoms with Gasteiger partial charge in [0.25, 0.3) is 0 Å². The molecule has 2 aromatic carbocycles. The molecular formula is C22H24Cl2N6O4S. The maximum absolute atomic E-state index is 13.6. The summed E-state index contributed by atoms with van der Waals surface area (Å²) in [5.41, 5.74) is 9.96. The van der Waals surface area contributed by atoms with E-state index in [0.717, 1.165) is 11.1 Å². The lowest BCUT2D eigenvalue weighted by Crippen LogP contribution is -2.50. The van der Waals surface area contributed by atoms with E-state index in [1.54, 1.807) is 15.7 Å². The number of aromatic nitrogens is 2. The van der Waals surface area contributed by atoms with E-state index in [4.69, 9.17) is 28.9 Å². The number of aryl methyl sites for hydroxylation is 1. The number of nitrogens with two attached hydrogens (primary N) is 1. The van der Waals surface area contributed by atoms with Crippen LogP contribution in [0.3, 0.4) is 0 Å². The van der Waals surface area contributed by atoms with Crippen LogP contribution in [0.25, 0.3) is 0 Å². The Bertz CT molecular complexity index is 1320. The van der Waals surface area contributed by atoms with E-state index < -0.39 is 16.1 Å². The average molecular weight is 539 g/mol. The Morgan fingerprint density at radius 2 is 1.89 bits per heavy atom. The van der Waals surface area contributed by atoms with Crippen LogP contribution in [-0.2, 0) is 34.3 Å². The number of anilines is 2. The van der Waals surface area contributed by atoms with Crippen LogP contribution in [0.4, 0.5) is 11.6 Å². The molecule has 1 aliphatic rings. The summed E-state index contributed by atoms with van der Waals surface area (Å²) in [4.78, 5) is 18.9. The maximum Gasteiger partial charge on any atom is 0.241 e. The number of hydrogen-bond donors (Lipinski definition) is 4. The van der Waals surface area contributed by atoms with Gasteiger partial charge in [-0.2, -0.15) is 4.72 Å². The number of benzene rings is 2. The van der Waals surface area contributed by atoms with Crippen molar-refractivity contribution >= 4 is 50.8 Å². The van der Waals surface area contributed by atoms with Crippen LogP contribution < -0.4 is 15.9 Å². The summed E-state index contributed by atoms with van der Waals surface area (Å²) in [6.07, 6.45) is 3.84. The maximum atomic E-state index is 13.6. The fourth-order valence-electron chi connectivity index (χ4n) is 3.98. The first-order valence-electron chi connectivity index (χ1n) is 10.7. The van der Waals surface area contributed by atoms with Crippen LogP contribution in [0.1, 0.15) is 17.5 Å². The number of carbonyl (C=O) groups is 1. The molecule has 186 valence electrons. The highest BCUT2D eigenvalue weighted by molar-refractivity contribution is 7.89. The van der Waals surface area contributed by atoms with Crippen LogP contribution in [0.15, 0.2) is 53.7 Å². The molecule has 35 heavy (non-hydrogen) atoms. The lowest BCUT2D eigenvalue weighted by Gasteiger charge is -2.32. The first-order valence-corrected chi connectivity index (χ1v) is 13.0. The van der Waals surface area contributed by atoms with Gasteiger partial charge in [0.1, 0.15) is 6.04 Å². The summed E-state index contributed by atoms with van der Waals surface area (Å²) in [5, 5.41) is 9.22. The molecule has 0 saturated heterocycles. The number of halogens is 2. The van der Waals surface area contributed by atoms with Gasteiger partial charge in [-0.05, 0) is 36.1 Å². The molecular weight excluding hydrogens is 515 g/mol. The number of sulfonamides is 1. The molecule has 4 rings (SSSR count). The fourth-order valence-corrected chi connectivity index (χ4v) is 5.87. The van der Waals surface area contributed by atoms with Crippen LogP contribution in [0, 0.1) is 0 Å². The predicted octanol–water partition coefficient (Wildman–Crippen LogP) is 2.90. The molecule has 5 N–H and O–H groups in total. The molecule has 1 unspecified atom stereocenters. The molecule has 1 atom stereocenters. The molecule has 0 saturated carbocycles. The molecule has 10 nitrogen and oxygen atoms in total. The van der Waals surface area contributed by atoms with Crippen LogP contribution >= 0.6 is 23.2 Å². The normalized spacial score (nSPS) is 14.4. The van der Waals surface area contributed by atoms with Gasteiger partial charge in [0.2, 0.25) is 21.9 Å². The monoisotopic (exact) mass is 538 g/mol. The third kappa shape index (κ3) is 5.54. The number of carbonyl (C=O) groups excluding carboxylic acids is 1. The fraction of sp³-hybridized carbons (Fsp3) is 0.273. The lowest BCUT2D eigenvalue weighted by molar-refractivity contribution is -0.134. The van der Waals surface area contributed by atoms with E-state index in [1.807, 2.05) is 29.7 Å². The summed E-state index contributed by atoms with van der Waals surface area (Å²) in [6.45, 7) is 1.04. The van der Waals surface area contributed by atoms with Crippen molar-refractivity contribution in [3.8, 4) is 0 Å². The van der Waals surface area contributed by atoms with E-state index in [-0.39, 0.29) is 45.4 Å². The lowest BCUT2D eigenvalue weighted by atomic mass is 9.99. The number of rotatable bonds is 8. The average Bonchev–Trinajstić information content (AvgIpc) is 3.31. The number of amides is 1. The molecule has 13 heteroatoms. The van der Waals surface area contributed by atoms with Crippen molar-refractivity contribution in [1.29, 1.82) is 0 Å². The number of nitrogens with zero attached hydrogens (tertiary/aromatic N) is 3. The highest BCUT2D eigenvalue weighted by Crippen LogP contribution is 2.31. The minimum Gasteiger partial charge on any atom is -0.396 e. The van der Waals surface area contributed by atoms with Gasteiger partial charge in [-0.1, -0.05) is 47.5 Å². The Morgan fingerprint density at radius 3 is 2.57 bits per heavy atom. The minimum atomic E-state index is -4.18. The molecule has 0 spiro atoms. The largest absolute Gasteiger partial charge is 0.396 e. The molecule has 0 aliphatic carbocycles. The first-order chi connectivity index (χ1) is 16.7. The van der Waals surface area contributed by atoms with E-state index in [2.05, 4.69) is 9.71 Å². The number of nitrogens with one attached hydrogen (secondary N) is 2. The molecule has 1 amide bonds. The predicted molar refractivity (Wildman–Crippen MR) is 133 cm³/mol. The molecule has 0 bridgehead atoms. The summed E-state index contributed by atoms with van der Waals surface area (Å²) >= 11 is 12.1. The Labute approximate surface area is 212 Å². The molecule has 1 aliphatic heterocycles. The van der Waals surface area contributed by atoms with Gasteiger partial charge in [-0.15, -0.1) is 0 Å². The van der Waals surface area contributed by atoms with Crippen molar-refractivity contribution < 1.29 is 18.4 Å². The van der Waals surface area contributed by atoms with E-state index in [0.29, 0.717) is 19.5 Å².